The second-order valence-electron chi connectivity index (χ2n) is 6.49. The standard InChI is InChI=1S/C21H24N4O4S/c1-4-18(26)22-16-9-7-15(8-10-16)20(28)24-25-21(30)23-19(27)12-29-17-11-13(2)5-6-14(17)3/h5-11H,4,12H2,1-3H3,(H,22,26)(H,24,28)(H2,23,25,27,30). The molecule has 30 heavy (non-hydrogen) atoms. The van der Waals surface area contributed by atoms with Gasteiger partial charge in [-0.15, -0.1) is 0 Å². The van der Waals surface area contributed by atoms with E-state index < -0.39 is 11.8 Å². The third kappa shape index (κ3) is 7.17. The summed E-state index contributed by atoms with van der Waals surface area (Å²) < 4.78 is 5.51. The molecule has 0 fully saturated rings. The van der Waals surface area contributed by atoms with Crippen molar-refractivity contribution < 1.29 is 19.1 Å². The van der Waals surface area contributed by atoms with Crippen molar-refractivity contribution in [3.8, 4) is 5.75 Å². The molecule has 0 aromatic heterocycles. The molecular formula is C21H24N4O4S. The minimum Gasteiger partial charge on any atom is -0.483 e. The molecule has 4 N–H and O–H groups in total. The van der Waals surface area contributed by atoms with Crippen LogP contribution in [0.2, 0.25) is 0 Å². The Morgan fingerprint density at radius 1 is 0.967 bits per heavy atom. The van der Waals surface area contributed by atoms with E-state index in [0.29, 0.717) is 23.4 Å². The molecule has 2 aromatic rings. The van der Waals surface area contributed by atoms with Crippen molar-refractivity contribution in [3.05, 3.63) is 59.2 Å². The van der Waals surface area contributed by atoms with Crippen molar-refractivity contribution in [2.24, 2.45) is 0 Å². The van der Waals surface area contributed by atoms with Crippen LogP contribution in [0.3, 0.4) is 0 Å². The van der Waals surface area contributed by atoms with E-state index in [1.807, 2.05) is 32.0 Å². The number of thiocarbonyl (C=S) groups is 1. The van der Waals surface area contributed by atoms with E-state index in [4.69, 9.17) is 17.0 Å². The number of anilines is 1. The van der Waals surface area contributed by atoms with E-state index in [2.05, 4.69) is 21.5 Å². The number of aryl methyl sites for hydroxylation is 2. The van der Waals surface area contributed by atoms with Crippen molar-refractivity contribution >= 4 is 40.7 Å². The normalized spacial score (nSPS) is 9.97. The molecular weight excluding hydrogens is 404 g/mol. The van der Waals surface area contributed by atoms with E-state index >= 15 is 0 Å². The summed E-state index contributed by atoms with van der Waals surface area (Å²) in [4.78, 5) is 35.5. The molecule has 0 radical (unpaired) electrons. The Bertz CT molecular complexity index is 945. The molecule has 0 aliphatic heterocycles. The third-order valence-electron chi connectivity index (χ3n) is 4.00. The molecule has 158 valence electrons. The molecule has 2 aromatic carbocycles. The van der Waals surface area contributed by atoms with Crippen LogP contribution in [0.25, 0.3) is 0 Å². The zero-order chi connectivity index (χ0) is 22.1. The number of ether oxygens (including phenoxy) is 1. The van der Waals surface area contributed by atoms with Crippen LogP contribution < -0.4 is 26.2 Å². The molecule has 0 saturated heterocycles. The van der Waals surface area contributed by atoms with E-state index in [1.165, 1.54) is 0 Å². The van der Waals surface area contributed by atoms with E-state index in [9.17, 15) is 14.4 Å². The Morgan fingerprint density at radius 3 is 2.33 bits per heavy atom. The summed E-state index contributed by atoms with van der Waals surface area (Å²) in [5.74, 6) is -0.405. The first-order valence-corrected chi connectivity index (χ1v) is 9.69. The molecule has 0 bridgehead atoms. The first kappa shape index (κ1) is 22.8. The molecule has 0 heterocycles. The van der Waals surface area contributed by atoms with Crippen LogP contribution in [0.15, 0.2) is 42.5 Å². The van der Waals surface area contributed by atoms with Gasteiger partial charge in [0.2, 0.25) is 5.91 Å². The maximum Gasteiger partial charge on any atom is 0.269 e. The first-order valence-electron chi connectivity index (χ1n) is 9.28. The summed E-state index contributed by atoms with van der Waals surface area (Å²) in [6.45, 7) is 5.35. The van der Waals surface area contributed by atoms with E-state index in [-0.39, 0.29) is 17.6 Å². The number of carbonyl (C=O) groups excluding carboxylic acids is 3. The molecule has 0 aliphatic rings. The van der Waals surface area contributed by atoms with E-state index in [1.54, 1.807) is 31.2 Å². The average molecular weight is 429 g/mol. The van der Waals surface area contributed by atoms with Gasteiger partial charge in [-0.2, -0.15) is 0 Å². The average Bonchev–Trinajstić information content (AvgIpc) is 2.73. The predicted molar refractivity (Wildman–Crippen MR) is 118 cm³/mol. The number of benzene rings is 2. The molecule has 8 nitrogen and oxygen atoms in total. The van der Waals surface area contributed by atoms with Crippen molar-refractivity contribution in [3.63, 3.8) is 0 Å². The number of amides is 3. The highest BCUT2D eigenvalue weighted by Crippen LogP contribution is 2.18. The van der Waals surface area contributed by atoms with Crippen LogP contribution in [0.5, 0.6) is 5.75 Å². The summed E-state index contributed by atoms with van der Waals surface area (Å²) in [5, 5.41) is 5.05. The lowest BCUT2D eigenvalue weighted by molar-refractivity contribution is -0.121. The highest BCUT2D eigenvalue weighted by molar-refractivity contribution is 7.80. The van der Waals surface area contributed by atoms with Gasteiger partial charge in [0, 0.05) is 17.7 Å². The monoisotopic (exact) mass is 428 g/mol. The van der Waals surface area contributed by atoms with Gasteiger partial charge < -0.3 is 10.1 Å². The van der Waals surface area contributed by atoms with Crippen LogP contribution in [-0.2, 0) is 9.59 Å². The molecule has 0 atom stereocenters. The van der Waals surface area contributed by atoms with Gasteiger partial charge in [-0.05, 0) is 67.5 Å². The Labute approximate surface area is 180 Å². The lowest BCUT2D eigenvalue weighted by atomic mass is 10.1. The Morgan fingerprint density at radius 2 is 1.67 bits per heavy atom. The summed E-state index contributed by atoms with van der Waals surface area (Å²) in [7, 11) is 0. The quantitative estimate of drug-likeness (QED) is 0.416. The van der Waals surface area contributed by atoms with Gasteiger partial charge in [0.25, 0.3) is 11.8 Å². The summed E-state index contributed by atoms with van der Waals surface area (Å²) in [5.41, 5.74) is 7.74. The zero-order valence-electron chi connectivity index (χ0n) is 17.0. The fraction of sp³-hybridized carbons (Fsp3) is 0.238. The summed E-state index contributed by atoms with van der Waals surface area (Å²) >= 11 is 5.00. The van der Waals surface area contributed by atoms with Crippen LogP contribution >= 0.6 is 12.2 Å². The maximum absolute atomic E-state index is 12.1. The smallest absolute Gasteiger partial charge is 0.269 e. The second kappa shape index (κ2) is 10.9. The second-order valence-corrected chi connectivity index (χ2v) is 6.90. The van der Waals surface area contributed by atoms with Gasteiger partial charge in [0.05, 0.1) is 0 Å². The van der Waals surface area contributed by atoms with Gasteiger partial charge in [0.1, 0.15) is 5.75 Å². The first-order chi connectivity index (χ1) is 14.3. The number of hydrogen-bond donors (Lipinski definition) is 4. The number of carbonyl (C=O) groups is 3. The van der Waals surface area contributed by atoms with Gasteiger partial charge in [-0.25, -0.2) is 0 Å². The molecule has 0 saturated carbocycles. The predicted octanol–water partition coefficient (Wildman–Crippen LogP) is 2.37. The molecule has 0 aliphatic carbocycles. The minimum atomic E-state index is -0.460. The summed E-state index contributed by atoms with van der Waals surface area (Å²) in [6, 6.07) is 12.1. The molecule has 0 spiro atoms. The molecule has 0 unspecified atom stereocenters. The van der Waals surface area contributed by atoms with Gasteiger partial charge in [-0.3, -0.25) is 30.6 Å². The molecule has 2 rings (SSSR count). The summed E-state index contributed by atoms with van der Waals surface area (Å²) in [6.07, 6.45) is 0.366. The van der Waals surface area contributed by atoms with Crippen LogP contribution in [0.1, 0.15) is 34.8 Å². The van der Waals surface area contributed by atoms with E-state index in [0.717, 1.165) is 11.1 Å². The topological polar surface area (TPSA) is 109 Å². The largest absolute Gasteiger partial charge is 0.483 e. The van der Waals surface area contributed by atoms with Crippen molar-refractivity contribution in [2.45, 2.75) is 27.2 Å². The van der Waals surface area contributed by atoms with Crippen molar-refractivity contribution in [1.82, 2.24) is 16.2 Å². The lowest BCUT2D eigenvalue weighted by Gasteiger charge is -2.12. The fourth-order valence-corrected chi connectivity index (χ4v) is 2.50. The van der Waals surface area contributed by atoms with Gasteiger partial charge in [0.15, 0.2) is 11.7 Å². The third-order valence-corrected chi connectivity index (χ3v) is 4.20. The van der Waals surface area contributed by atoms with Gasteiger partial charge in [-0.1, -0.05) is 19.1 Å². The van der Waals surface area contributed by atoms with Crippen LogP contribution in [-0.4, -0.2) is 29.4 Å². The molecule has 9 heteroatoms. The Balaban J connectivity index is 1.76. The number of hydrogen-bond acceptors (Lipinski definition) is 5. The number of rotatable bonds is 6. The lowest BCUT2D eigenvalue weighted by Crippen LogP contribution is -2.49. The maximum atomic E-state index is 12.1. The van der Waals surface area contributed by atoms with Crippen molar-refractivity contribution in [2.75, 3.05) is 11.9 Å². The van der Waals surface area contributed by atoms with Gasteiger partial charge >= 0.3 is 0 Å². The molecule has 3 amide bonds. The zero-order valence-corrected chi connectivity index (χ0v) is 17.8. The minimum absolute atomic E-state index is 0.0651. The Hall–Kier alpha value is -3.46. The highest BCUT2D eigenvalue weighted by Gasteiger charge is 2.10. The SMILES string of the molecule is CCC(=O)Nc1ccc(C(=O)NNC(=S)NC(=O)COc2cc(C)ccc2C)cc1. The Kier molecular flexibility index (Phi) is 8.30. The van der Waals surface area contributed by atoms with Crippen molar-refractivity contribution in [1.29, 1.82) is 0 Å². The highest BCUT2D eigenvalue weighted by atomic mass is 32.1. The number of nitrogens with one attached hydrogen (secondary N) is 4. The number of hydrazine groups is 1. The fourth-order valence-electron chi connectivity index (χ4n) is 2.34. The van der Waals surface area contributed by atoms with Crippen LogP contribution in [0, 0.1) is 13.8 Å². The van der Waals surface area contributed by atoms with Crippen LogP contribution in [0.4, 0.5) is 5.69 Å².